The molecule has 1 atom stereocenters. The number of nitrogens with zero attached hydrogens (tertiary/aromatic N) is 1. The third-order valence-electron chi connectivity index (χ3n) is 7.07. The van der Waals surface area contributed by atoms with Gasteiger partial charge in [0.05, 0.1) is 19.1 Å². The molecule has 1 fully saturated rings. The Morgan fingerprint density at radius 1 is 0.854 bits per heavy atom. The maximum atomic E-state index is 13.5. The van der Waals surface area contributed by atoms with Crippen molar-refractivity contribution in [2.45, 2.75) is 62.7 Å². The molecule has 2 N–H and O–H groups in total. The van der Waals surface area contributed by atoms with Gasteiger partial charge in [-0.3, -0.25) is 9.59 Å². The molecular weight excluding hydrogens is 542 g/mol. The van der Waals surface area contributed by atoms with Gasteiger partial charge in [0.15, 0.2) is 0 Å². The molecule has 10 heteroatoms. The van der Waals surface area contributed by atoms with Gasteiger partial charge in [-0.25, -0.2) is 13.1 Å². The second-order valence-electron chi connectivity index (χ2n) is 10.2. The van der Waals surface area contributed by atoms with Gasteiger partial charge < -0.3 is 19.7 Å². The maximum absolute atomic E-state index is 13.5. The van der Waals surface area contributed by atoms with Gasteiger partial charge in [-0.1, -0.05) is 36.4 Å². The minimum Gasteiger partial charge on any atom is -0.497 e. The van der Waals surface area contributed by atoms with Gasteiger partial charge in [-0.2, -0.15) is 0 Å². The normalized spacial score (nSPS) is 13.7. The van der Waals surface area contributed by atoms with Crippen LogP contribution in [0.4, 0.5) is 0 Å². The van der Waals surface area contributed by atoms with E-state index in [1.54, 1.807) is 50.3 Å². The van der Waals surface area contributed by atoms with E-state index in [9.17, 15) is 18.0 Å². The van der Waals surface area contributed by atoms with Gasteiger partial charge in [0.1, 0.15) is 17.5 Å². The molecule has 0 aliphatic heterocycles. The average molecular weight is 580 g/mol. The van der Waals surface area contributed by atoms with Crippen LogP contribution in [-0.4, -0.2) is 51.4 Å². The molecule has 0 aromatic heterocycles. The highest BCUT2D eigenvalue weighted by Gasteiger charge is 2.28. The van der Waals surface area contributed by atoms with E-state index in [0.29, 0.717) is 18.7 Å². The van der Waals surface area contributed by atoms with E-state index >= 15 is 0 Å². The lowest BCUT2D eigenvalue weighted by atomic mass is 10.1. The number of rotatable bonds is 14. The lowest BCUT2D eigenvalue weighted by molar-refractivity contribution is -0.140. The van der Waals surface area contributed by atoms with Crippen LogP contribution < -0.4 is 19.5 Å². The standard InChI is InChI=1S/C31H37N3O6S/c1-22(31(36)32-20-24-4-13-27(39-2)14-5-24)34(21-25-6-15-28(40-3)16-7-25)30(35)19-10-23-8-17-29(18-9-23)41(37,38)33-26-11-12-26/h4-9,13-18,22,26,33H,10-12,19-21H2,1-3H3,(H,32,36). The third-order valence-corrected chi connectivity index (χ3v) is 8.60. The van der Waals surface area contributed by atoms with Gasteiger partial charge in [0.25, 0.3) is 0 Å². The molecule has 0 heterocycles. The Hall–Kier alpha value is -3.89. The molecule has 9 nitrogen and oxygen atoms in total. The minimum atomic E-state index is -3.53. The molecule has 2 amide bonds. The van der Waals surface area contributed by atoms with Crippen molar-refractivity contribution in [1.82, 2.24) is 14.9 Å². The second-order valence-corrected chi connectivity index (χ2v) is 11.9. The first-order valence-electron chi connectivity index (χ1n) is 13.6. The first kappa shape index (κ1) is 30.1. The van der Waals surface area contributed by atoms with Crippen molar-refractivity contribution in [2.75, 3.05) is 14.2 Å². The molecule has 1 unspecified atom stereocenters. The van der Waals surface area contributed by atoms with Crippen LogP contribution in [0.15, 0.2) is 77.7 Å². The Balaban J connectivity index is 1.41. The smallest absolute Gasteiger partial charge is 0.242 e. The highest BCUT2D eigenvalue weighted by molar-refractivity contribution is 7.89. The average Bonchev–Trinajstić information content (AvgIpc) is 3.81. The third kappa shape index (κ3) is 8.55. The fraction of sp³-hybridized carbons (Fsp3) is 0.355. The number of carbonyl (C=O) groups excluding carboxylic acids is 2. The van der Waals surface area contributed by atoms with E-state index in [4.69, 9.17) is 9.47 Å². The number of methoxy groups -OCH3 is 2. The first-order valence-corrected chi connectivity index (χ1v) is 15.1. The van der Waals surface area contributed by atoms with Crippen LogP contribution in [0.5, 0.6) is 11.5 Å². The fourth-order valence-corrected chi connectivity index (χ4v) is 5.61. The van der Waals surface area contributed by atoms with Crippen LogP contribution in [0.3, 0.4) is 0 Å². The van der Waals surface area contributed by atoms with Gasteiger partial charge in [0, 0.05) is 25.6 Å². The Morgan fingerprint density at radius 3 is 1.93 bits per heavy atom. The molecule has 1 aliphatic carbocycles. The summed E-state index contributed by atoms with van der Waals surface area (Å²) in [5.74, 6) is 0.992. The molecule has 218 valence electrons. The molecular formula is C31H37N3O6S. The molecule has 4 rings (SSSR count). The van der Waals surface area contributed by atoms with E-state index in [1.807, 2.05) is 48.5 Å². The summed E-state index contributed by atoms with van der Waals surface area (Å²) in [6.07, 6.45) is 2.31. The van der Waals surface area contributed by atoms with Gasteiger partial charge >= 0.3 is 0 Å². The summed E-state index contributed by atoms with van der Waals surface area (Å²) in [6, 6.07) is 20.7. The molecule has 0 saturated heterocycles. The summed E-state index contributed by atoms with van der Waals surface area (Å²) in [7, 11) is -0.347. The Labute approximate surface area is 241 Å². The van der Waals surface area contributed by atoms with Crippen molar-refractivity contribution in [3.8, 4) is 11.5 Å². The summed E-state index contributed by atoms with van der Waals surface area (Å²) < 4.78 is 38.0. The summed E-state index contributed by atoms with van der Waals surface area (Å²) in [5, 5.41) is 2.93. The van der Waals surface area contributed by atoms with E-state index in [0.717, 1.165) is 35.3 Å². The van der Waals surface area contributed by atoms with E-state index in [-0.39, 0.29) is 35.7 Å². The number of carbonyl (C=O) groups is 2. The number of hydrogen-bond donors (Lipinski definition) is 2. The van der Waals surface area contributed by atoms with Crippen LogP contribution in [0, 0.1) is 0 Å². The molecule has 3 aromatic rings. The minimum absolute atomic E-state index is 0.0318. The highest BCUT2D eigenvalue weighted by Crippen LogP contribution is 2.23. The predicted molar refractivity (Wildman–Crippen MR) is 156 cm³/mol. The lowest BCUT2D eigenvalue weighted by Gasteiger charge is -2.29. The zero-order valence-electron chi connectivity index (χ0n) is 23.6. The van der Waals surface area contributed by atoms with Crippen LogP contribution in [0.1, 0.15) is 42.9 Å². The molecule has 1 aliphatic rings. The van der Waals surface area contributed by atoms with Crippen LogP contribution in [-0.2, 0) is 39.1 Å². The molecule has 3 aromatic carbocycles. The topological polar surface area (TPSA) is 114 Å². The van der Waals surface area contributed by atoms with Crippen molar-refractivity contribution in [3.63, 3.8) is 0 Å². The van der Waals surface area contributed by atoms with Crippen molar-refractivity contribution in [3.05, 3.63) is 89.5 Å². The van der Waals surface area contributed by atoms with Gasteiger partial charge in [-0.05, 0) is 79.3 Å². The monoisotopic (exact) mass is 579 g/mol. The van der Waals surface area contributed by atoms with Gasteiger partial charge in [-0.15, -0.1) is 0 Å². The zero-order valence-corrected chi connectivity index (χ0v) is 24.4. The quantitative estimate of drug-likeness (QED) is 0.300. The number of ether oxygens (including phenoxy) is 2. The highest BCUT2D eigenvalue weighted by atomic mass is 32.2. The maximum Gasteiger partial charge on any atom is 0.242 e. The van der Waals surface area contributed by atoms with Crippen LogP contribution >= 0.6 is 0 Å². The summed E-state index contributed by atoms with van der Waals surface area (Å²) >= 11 is 0. The molecule has 0 spiro atoms. The van der Waals surface area contributed by atoms with Crippen molar-refractivity contribution < 1.29 is 27.5 Å². The van der Waals surface area contributed by atoms with E-state index < -0.39 is 16.1 Å². The Kier molecular flexibility index (Phi) is 10.0. The molecule has 0 radical (unpaired) electrons. The fourth-order valence-electron chi connectivity index (χ4n) is 4.31. The summed E-state index contributed by atoms with van der Waals surface area (Å²) in [6.45, 7) is 2.30. The number of aryl methyl sites for hydroxylation is 1. The number of amides is 2. The van der Waals surface area contributed by atoms with Gasteiger partial charge in [0.2, 0.25) is 21.8 Å². The SMILES string of the molecule is COc1ccc(CNC(=O)C(C)N(Cc2ccc(OC)cc2)C(=O)CCc2ccc(S(=O)(=O)NC3CC3)cc2)cc1. The van der Waals surface area contributed by atoms with Crippen molar-refractivity contribution in [2.24, 2.45) is 0 Å². The largest absolute Gasteiger partial charge is 0.497 e. The molecule has 0 bridgehead atoms. The summed E-state index contributed by atoms with van der Waals surface area (Å²) in [5.41, 5.74) is 2.62. The predicted octanol–water partition coefficient (Wildman–Crippen LogP) is 3.81. The summed E-state index contributed by atoms with van der Waals surface area (Å²) in [4.78, 5) is 28.4. The van der Waals surface area contributed by atoms with E-state index in [2.05, 4.69) is 10.0 Å². The van der Waals surface area contributed by atoms with Crippen molar-refractivity contribution >= 4 is 21.8 Å². The number of nitrogens with one attached hydrogen (secondary N) is 2. The zero-order chi connectivity index (χ0) is 29.4. The first-order chi connectivity index (χ1) is 19.7. The van der Waals surface area contributed by atoms with Crippen LogP contribution in [0.25, 0.3) is 0 Å². The number of sulfonamides is 1. The lowest BCUT2D eigenvalue weighted by Crippen LogP contribution is -2.47. The van der Waals surface area contributed by atoms with Crippen molar-refractivity contribution in [1.29, 1.82) is 0 Å². The number of hydrogen-bond acceptors (Lipinski definition) is 6. The Morgan fingerprint density at radius 2 is 1.39 bits per heavy atom. The second kappa shape index (κ2) is 13.6. The van der Waals surface area contributed by atoms with E-state index in [1.165, 1.54) is 0 Å². The van der Waals surface area contributed by atoms with Crippen LogP contribution in [0.2, 0.25) is 0 Å². The Bertz CT molecular complexity index is 1420. The molecule has 41 heavy (non-hydrogen) atoms. The molecule has 1 saturated carbocycles. The number of benzene rings is 3.